The number of sulfonamides is 1. The van der Waals surface area contributed by atoms with Gasteiger partial charge in [0.25, 0.3) is 10.0 Å². The Labute approximate surface area is 122 Å². The van der Waals surface area contributed by atoms with Crippen molar-refractivity contribution < 1.29 is 8.42 Å². The lowest BCUT2D eigenvalue weighted by Crippen LogP contribution is -2.45. The predicted molar refractivity (Wildman–Crippen MR) is 75.1 cm³/mol. The van der Waals surface area contributed by atoms with Gasteiger partial charge in [-0.3, -0.25) is 0 Å². The molecule has 1 aromatic heterocycles. The van der Waals surface area contributed by atoms with Crippen LogP contribution in [0, 0.1) is 0 Å². The van der Waals surface area contributed by atoms with Crippen molar-refractivity contribution in [3.8, 4) is 0 Å². The van der Waals surface area contributed by atoms with E-state index < -0.39 is 10.0 Å². The van der Waals surface area contributed by atoms with E-state index in [1.165, 1.54) is 19.0 Å². The average Bonchev–Trinajstić information content (AvgIpc) is 3.11. The zero-order valence-electron chi connectivity index (χ0n) is 10.4. The third-order valence-electron chi connectivity index (χ3n) is 3.64. The van der Waals surface area contributed by atoms with Gasteiger partial charge in [-0.2, -0.15) is 0 Å². The molecule has 1 saturated heterocycles. The zero-order chi connectivity index (χ0) is 13.5. The SMILES string of the molecule is O=S(=O)(NC1CCN(C2CC2)CC1)c1cnc(Cl)s1. The van der Waals surface area contributed by atoms with Gasteiger partial charge in [0.1, 0.15) is 0 Å². The quantitative estimate of drug-likeness (QED) is 0.917. The smallest absolute Gasteiger partial charge is 0.251 e. The zero-order valence-corrected chi connectivity index (χ0v) is 12.8. The Morgan fingerprint density at radius 1 is 1.32 bits per heavy atom. The summed E-state index contributed by atoms with van der Waals surface area (Å²) >= 11 is 6.67. The largest absolute Gasteiger partial charge is 0.300 e. The van der Waals surface area contributed by atoms with Crippen LogP contribution >= 0.6 is 22.9 Å². The second kappa shape index (κ2) is 5.29. The molecule has 0 amide bonds. The number of halogens is 1. The standard InChI is InChI=1S/C11H16ClN3O2S2/c12-11-13-7-10(18-11)19(16,17)14-8-3-5-15(6-4-8)9-1-2-9/h7-9,14H,1-6H2. The van der Waals surface area contributed by atoms with Crippen LogP contribution in [-0.2, 0) is 10.0 Å². The van der Waals surface area contributed by atoms with Gasteiger partial charge in [-0.05, 0) is 38.8 Å². The molecule has 0 bridgehead atoms. The Morgan fingerprint density at radius 2 is 2.00 bits per heavy atom. The van der Waals surface area contributed by atoms with Gasteiger partial charge in [0.05, 0.1) is 6.20 Å². The highest BCUT2D eigenvalue weighted by Gasteiger charge is 2.33. The van der Waals surface area contributed by atoms with Crippen molar-refractivity contribution in [2.45, 2.75) is 42.0 Å². The van der Waals surface area contributed by atoms with Gasteiger partial charge in [0.15, 0.2) is 8.68 Å². The molecule has 1 aromatic rings. The van der Waals surface area contributed by atoms with Crippen molar-refractivity contribution in [1.29, 1.82) is 0 Å². The first-order chi connectivity index (χ1) is 9.04. The molecule has 2 aliphatic rings. The van der Waals surface area contributed by atoms with Gasteiger partial charge < -0.3 is 4.90 Å². The van der Waals surface area contributed by atoms with Crippen LogP contribution in [0.5, 0.6) is 0 Å². The summed E-state index contributed by atoms with van der Waals surface area (Å²) in [6.07, 6.45) is 5.67. The van der Waals surface area contributed by atoms with Crippen LogP contribution < -0.4 is 4.72 Å². The van der Waals surface area contributed by atoms with Crippen molar-refractivity contribution in [3.63, 3.8) is 0 Å². The number of aromatic nitrogens is 1. The minimum atomic E-state index is -3.46. The molecule has 0 radical (unpaired) electrons. The molecular weight excluding hydrogens is 306 g/mol. The van der Waals surface area contributed by atoms with E-state index in [1.54, 1.807) is 0 Å². The normalized spacial score (nSPS) is 22.8. The highest BCUT2D eigenvalue weighted by atomic mass is 35.5. The van der Waals surface area contributed by atoms with E-state index in [4.69, 9.17) is 11.6 Å². The van der Waals surface area contributed by atoms with Crippen LogP contribution in [0.15, 0.2) is 10.4 Å². The highest BCUT2D eigenvalue weighted by molar-refractivity contribution is 7.91. The summed E-state index contributed by atoms with van der Waals surface area (Å²) in [5.74, 6) is 0. The van der Waals surface area contributed by atoms with Crippen LogP contribution in [0.2, 0.25) is 4.47 Å². The summed E-state index contributed by atoms with van der Waals surface area (Å²) in [6.45, 7) is 1.97. The third-order valence-corrected chi connectivity index (χ3v) is 6.73. The summed E-state index contributed by atoms with van der Waals surface area (Å²) in [7, 11) is -3.46. The van der Waals surface area contributed by atoms with Crippen LogP contribution in [0.1, 0.15) is 25.7 Å². The fraction of sp³-hybridized carbons (Fsp3) is 0.727. The van der Waals surface area contributed by atoms with E-state index in [1.807, 2.05) is 0 Å². The minimum Gasteiger partial charge on any atom is -0.300 e. The van der Waals surface area contributed by atoms with Crippen LogP contribution in [0.4, 0.5) is 0 Å². The fourth-order valence-corrected chi connectivity index (χ4v) is 5.08. The van der Waals surface area contributed by atoms with E-state index in [0.717, 1.165) is 43.3 Å². The molecule has 1 N–H and O–H groups in total. The lowest BCUT2D eigenvalue weighted by molar-refractivity contribution is 0.199. The lowest BCUT2D eigenvalue weighted by atomic mass is 10.1. The van der Waals surface area contributed by atoms with E-state index in [2.05, 4.69) is 14.6 Å². The monoisotopic (exact) mass is 321 g/mol. The maximum atomic E-state index is 12.1. The van der Waals surface area contributed by atoms with Crippen LogP contribution in [-0.4, -0.2) is 43.5 Å². The maximum absolute atomic E-state index is 12.1. The van der Waals surface area contributed by atoms with Crippen molar-refractivity contribution in [2.75, 3.05) is 13.1 Å². The molecule has 1 aliphatic heterocycles. The number of rotatable bonds is 4. The molecule has 1 aliphatic carbocycles. The molecule has 106 valence electrons. The molecule has 5 nitrogen and oxygen atoms in total. The number of hydrogen-bond donors (Lipinski definition) is 1. The number of likely N-dealkylation sites (tertiary alicyclic amines) is 1. The molecule has 0 unspecified atom stereocenters. The first-order valence-electron chi connectivity index (χ1n) is 6.42. The van der Waals surface area contributed by atoms with Crippen molar-refractivity contribution in [3.05, 3.63) is 10.7 Å². The molecule has 19 heavy (non-hydrogen) atoms. The van der Waals surface area contributed by atoms with Gasteiger partial charge in [0, 0.05) is 12.1 Å². The molecule has 0 aromatic carbocycles. The Bertz CT molecular complexity index is 548. The summed E-state index contributed by atoms with van der Waals surface area (Å²) < 4.78 is 27.5. The minimum absolute atomic E-state index is 0.0286. The van der Waals surface area contributed by atoms with Gasteiger partial charge in [-0.25, -0.2) is 18.1 Å². The number of hydrogen-bond acceptors (Lipinski definition) is 5. The molecule has 1 saturated carbocycles. The maximum Gasteiger partial charge on any atom is 0.251 e. The fourth-order valence-electron chi connectivity index (χ4n) is 2.46. The number of nitrogens with one attached hydrogen (secondary N) is 1. The van der Waals surface area contributed by atoms with Crippen molar-refractivity contribution >= 4 is 33.0 Å². The molecule has 0 spiro atoms. The number of nitrogens with zero attached hydrogens (tertiary/aromatic N) is 2. The van der Waals surface area contributed by atoms with Crippen LogP contribution in [0.25, 0.3) is 0 Å². The van der Waals surface area contributed by atoms with E-state index in [-0.39, 0.29) is 14.7 Å². The first kappa shape index (κ1) is 13.8. The molecule has 3 rings (SSSR count). The number of piperidine rings is 1. The topological polar surface area (TPSA) is 62.3 Å². The van der Waals surface area contributed by atoms with Gasteiger partial charge >= 0.3 is 0 Å². The summed E-state index contributed by atoms with van der Waals surface area (Å²) in [4.78, 5) is 6.24. The average molecular weight is 322 g/mol. The highest BCUT2D eigenvalue weighted by Crippen LogP contribution is 2.30. The Morgan fingerprint density at radius 3 is 2.53 bits per heavy atom. The Kier molecular flexibility index (Phi) is 3.83. The summed E-state index contributed by atoms with van der Waals surface area (Å²) in [5, 5.41) is 0. The lowest BCUT2D eigenvalue weighted by Gasteiger charge is -2.32. The number of thiazole rings is 1. The van der Waals surface area contributed by atoms with Gasteiger partial charge in [-0.15, -0.1) is 0 Å². The predicted octanol–water partition coefficient (Wildman–Crippen LogP) is 1.70. The third kappa shape index (κ3) is 3.28. The van der Waals surface area contributed by atoms with E-state index >= 15 is 0 Å². The molecule has 0 atom stereocenters. The van der Waals surface area contributed by atoms with Crippen molar-refractivity contribution in [2.24, 2.45) is 0 Å². The van der Waals surface area contributed by atoms with E-state index in [9.17, 15) is 8.42 Å². The first-order valence-corrected chi connectivity index (χ1v) is 9.10. The van der Waals surface area contributed by atoms with Gasteiger partial charge in [-0.1, -0.05) is 22.9 Å². The van der Waals surface area contributed by atoms with Gasteiger partial charge in [0.2, 0.25) is 0 Å². The summed E-state index contributed by atoms with van der Waals surface area (Å²) in [6, 6.07) is 0.790. The summed E-state index contributed by atoms with van der Waals surface area (Å²) in [5.41, 5.74) is 0. The van der Waals surface area contributed by atoms with E-state index in [0.29, 0.717) is 0 Å². The second-order valence-corrected chi connectivity index (χ2v) is 8.65. The Hall–Kier alpha value is -0.210. The van der Waals surface area contributed by atoms with Crippen molar-refractivity contribution in [1.82, 2.24) is 14.6 Å². The Balaban J connectivity index is 1.59. The van der Waals surface area contributed by atoms with Crippen LogP contribution in [0.3, 0.4) is 0 Å². The molecular formula is C11H16ClN3O2S2. The second-order valence-electron chi connectivity index (χ2n) is 5.09. The molecule has 2 fully saturated rings. The molecule has 2 heterocycles. The molecule has 8 heteroatoms.